The number of rotatable bonds is 3. The van der Waals surface area contributed by atoms with Crippen LogP contribution >= 0.6 is 0 Å². The zero-order chi connectivity index (χ0) is 13.0. The Balaban J connectivity index is 3.92. The highest BCUT2D eigenvalue weighted by atomic mass is 16.4. The van der Waals surface area contributed by atoms with Crippen molar-refractivity contribution >= 4 is 21.9 Å². The SMILES string of the molecule is [B]NN=c1c(C(=O)O)cc(=O)c(=NN[B])c1=O. The summed E-state index contributed by atoms with van der Waals surface area (Å²) in [6.45, 7) is 0. The maximum absolute atomic E-state index is 11.7. The molecule has 0 aliphatic carbocycles. The number of nitrogens with zero attached hydrogens (tertiary/aromatic N) is 2. The fraction of sp³-hybridized carbons (Fsp3) is 0. The van der Waals surface area contributed by atoms with Crippen molar-refractivity contribution in [2.24, 2.45) is 10.2 Å². The van der Waals surface area contributed by atoms with Crippen molar-refractivity contribution in [3.8, 4) is 0 Å². The van der Waals surface area contributed by atoms with E-state index in [-0.39, 0.29) is 0 Å². The van der Waals surface area contributed by atoms with Crippen LogP contribution in [0.4, 0.5) is 0 Å². The Labute approximate surface area is 96.3 Å². The van der Waals surface area contributed by atoms with Crippen molar-refractivity contribution in [2.45, 2.75) is 0 Å². The summed E-state index contributed by atoms with van der Waals surface area (Å²) >= 11 is 0. The molecule has 82 valence electrons. The van der Waals surface area contributed by atoms with E-state index in [4.69, 9.17) is 21.1 Å². The summed E-state index contributed by atoms with van der Waals surface area (Å²) in [5, 5.41) is 17.7. The van der Waals surface area contributed by atoms with Crippen LogP contribution < -0.4 is 32.2 Å². The molecule has 3 N–H and O–H groups in total. The molecule has 1 aromatic carbocycles. The number of benzene rings is 1. The summed E-state index contributed by atoms with van der Waals surface area (Å²) in [6.07, 6.45) is 0. The van der Waals surface area contributed by atoms with E-state index < -0.39 is 33.1 Å². The number of carboxylic acid groups (broad SMARTS) is 1. The Kier molecular flexibility index (Phi) is 3.81. The minimum absolute atomic E-state index is 0.534. The Morgan fingerprint density at radius 1 is 1.18 bits per heavy atom. The molecule has 0 aliphatic heterocycles. The van der Waals surface area contributed by atoms with Crippen LogP contribution in [0.2, 0.25) is 0 Å². The quantitative estimate of drug-likeness (QED) is 0.359. The monoisotopic (exact) mass is 230 g/mol. The van der Waals surface area contributed by atoms with Gasteiger partial charge in [0.15, 0.2) is 5.36 Å². The zero-order valence-electron chi connectivity index (χ0n) is 8.30. The number of carbonyl (C=O) groups is 1. The number of nitrogens with one attached hydrogen (secondary N) is 2. The number of aromatic carboxylic acids is 1. The van der Waals surface area contributed by atoms with Gasteiger partial charge in [0.1, 0.15) is 5.36 Å². The van der Waals surface area contributed by atoms with Gasteiger partial charge < -0.3 is 15.8 Å². The molecular formula is C7H4B2N4O4. The summed E-state index contributed by atoms with van der Waals surface area (Å²) < 4.78 is 0. The normalized spacial score (nSPS) is 12.5. The number of hydrogen-bond donors (Lipinski definition) is 3. The zero-order valence-corrected chi connectivity index (χ0v) is 8.30. The first-order valence-corrected chi connectivity index (χ1v) is 4.14. The van der Waals surface area contributed by atoms with Gasteiger partial charge in [-0.25, -0.2) is 4.79 Å². The molecule has 0 spiro atoms. The second-order valence-electron chi connectivity index (χ2n) is 2.74. The lowest BCUT2D eigenvalue weighted by Gasteiger charge is -1.95. The van der Waals surface area contributed by atoms with Crippen molar-refractivity contribution in [1.82, 2.24) is 10.7 Å². The Hall–Kier alpha value is -2.38. The summed E-state index contributed by atoms with van der Waals surface area (Å²) in [4.78, 5) is 33.8. The van der Waals surface area contributed by atoms with Gasteiger partial charge in [-0.2, -0.15) is 10.2 Å². The van der Waals surface area contributed by atoms with Gasteiger partial charge in [-0.15, -0.1) is 0 Å². The predicted octanol–water partition coefficient (Wildman–Crippen LogP) is -4.04. The molecule has 0 amide bonds. The first-order chi connectivity index (χ1) is 8.02. The summed E-state index contributed by atoms with van der Waals surface area (Å²) in [5.41, 5.74) is -2.46. The molecule has 0 aromatic heterocycles. The Morgan fingerprint density at radius 2 is 1.71 bits per heavy atom. The molecule has 0 unspecified atom stereocenters. The summed E-state index contributed by atoms with van der Waals surface area (Å²) in [5.74, 6) is -1.49. The van der Waals surface area contributed by atoms with Crippen molar-refractivity contribution in [1.29, 1.82) is 0 Å². The minimum atomic E-state index is -1.49. The van der Waals surface area contributed by atoms with Gasteiger partial charge in [-0.05, 0) is 0 Å². The third-order valence-electron chi connectivity index (χ3n) is 1.78. The average molecular weight is 230 g/mol. The van der Waals surface area contributed by atoms with Crippen molar-refractivity contribution in [3.63, 3.8) is 0 Å². The van der Waals surface area contributed by atoms with Crippen LogP contribution in [0, 0.1) is 0 Å². The number of hydrogen-bond acceptors (Lipinski definition) is 7. The lowest BCUT2D eigenvalue weighted by molar-refractivity contribution is 0.0694. The van der Waals surface area contributed by atoms with Gasteiger partial charge in [-0.3, -0.25) is 9.59 Å². The molecule has 17 heavy (non-hydrogen) atoms. The van der Waals surface area contributed by atoms with Crippen LogP contribution in [0.25, 0.3) is 0 Å². The van der Waals surface area contributed by atoms with E-state index in [1.54, 1.807) is 10.7 Å². The molecule has 0 saturated heterocycles. The Morgan fingerprint density at radius 3 is 2.18 bits per heavy atom. The second-order valence-corrected chi connectivity index (χ2v) is 2.74. The third kappa shape index (κ3) is 2.41. The second kappa shape index (κ2) is 5.10. The fourth-order valence-corrected chi connectivity index (χ4v) is 1.12. The lowest BCUT2D eigenvalue weighted by atomic mass is 10.2. The first kappa shape index (κ1) is 12.7. The van der Waals surface area contributed by atoms with Gasteiger partial charge in [0.05, 0.1) is 5.56 Å². The van der Waals surface area contributed by atoms with Gasteiger partial charge in [-0.1, -0.05) is 0 Å². The van der Waals surface area contributed by atoms with E-state index in [0.29, 0.717) is 6.07 Å². The summed E-state index contributed by atoms with van der Waals surface area (Å²) in [7, 11) is 9.70. The standard InChI is InChI=1S/C7H4B2N4O4/c8-12-10-4-2(7(16)17)1-3(14)5(6(4)15)11-13-9/h1,12-13H,(H,16,17). The van der Waals surface area contributed by atoms with E-state index in [0.717, 1.165) is 0 Å². The predicted molar refractivity (Wildman–Crippen MR) is 57.2 cm³/mol. The van der Waals surface area contributed by atoms with Crippen LogP contribution in [0.15, 0.2) is 25.9 Å². The lowest BCUT2D eigenvalue weighted by Crippen LogP contribution is -2.51. The van der Waals surface area contributed by atoms with Crippen LogP contribution in [0.5, 0.6) is 0 Å². The maximum atomic E-state index is 11.7. The Bertz CT molecular complexity index is 662. The van der Waals surface area contributed by atoms with Gasteiger partial charge >= 0.3 is 5.97 Å². The van der Waals surface area contributed by atoms with Crippen molar-refractivity contribution < 1.29 is 9.90 Å². The topological polar surface area (TPSA) is 120 Å². The van der Waals surface area contributed by atoms with Crippen LogP contribution in [-0.4, -0.2) is 27.0 Å². The smallest absolute Gasteiger partial charge is 0.338 e. The van der Waals surface area contributed by atoms with Gasteiger partial charge in [0.2, 0.25) is 10.9 Å². The number of carboxylic acids is 1. The molecule has 1 rings (SSSR count). The van der Waals surface area contributed by atoms with Crippen LogP contribution in [0.3, 0.4) is 0 Å². The molecule has 4 radical (unpaired) electrons. The highest BCUT2D eigenvalue weighted by Crippen LogP contribution is 1.81. The summed E-state index contributed by atoms with van der Waals surface area (Å²) in [6, 6.07) is 0.704. The van der Waals surface area contributed by atoms with E-state index >= 15 is 0 Å². The van der Waals surface area contributed by atoms with E-state index in [2.05, 4.69) is 10.2 Å². The molecule has 0 atom stereocenters. The van der Waals surface area contributed by atoms with Crippen LogP contribution in [-0.2, 0) is 0 Å². The molecule has 1 aromatic rings. The molecule has 0 fully saturated rings. The maximum Gasteiger partial charge on any atom is 0.338 e. The highest BCUT2D eigenvalue weighted by Gasteiger charge is 2.13. The average Bonchev–Trinajstić information content (AvgIpc) is 2.27. The molecular weight excluding hydrogens is 226 g/mol. The largest absolute Gasteiger partial charge is 0.478 e. The molecule has 8 nitrogen and oxygen atoms in total. The highest BCUT2D eigenvalue weighted by molar-refractivity contribution is 6.04. The first-order valence-electron chi connectivity index (χ1n) is 4.14. The molecule has 0 aliphatic rings. The van der Waals surface area contributed by atoms with Gasteiger partial charge in [0, 0.05) is 6.07 Å². The molecule has 0 heterocycles. The van der Waals surface area contributed by atoms with Crippen molar-refractivity contribution in [3.05, 3.63) is 42.8 Å². The fourth-order valence-electron chi connectivity index (χ4n) is 1.12. The minimum Gasteiger partial charge on any atom is -0.478 e. The third-order valence-corrected chi connectivity index (χ3v) is 1.78. The molecule has 10 heteroatoms. The molecule has 0 saturated carbocycles. The van der Waals surface area contributed by atoms with Crippen molar-refractivity contribution in [2.75, 3.05) is 0 Å². The van der Waals surface area contributed by atoms with E-state index in [1.165, 1.54) is 0 Å². The van der Waals surface area contributed by atoms with E-state index in [9.17, 15) is 14.4 Å². The van der Waals surface area contributed by atoms with Gasteiger partial charge in [0.25, 0.3) is 16.0 Å². The van der Waals surface area contributed by atoms with Crippen LogP contribution in [0.1, 0.15) is 10.4 Å². The molecule has 0 bridgehead atoms. The van der Waals surface area contributed by atoms with E-state index in [1.807, 2.05) is 0 Å².